The molecule has 0 atom stereocenters. The van der Waals surface area contributed by atoms with Gasteiger partial charge in [-0.3, -0.25) is 4.90 Å². The van der Waals surface area contributed by atoms with E-state index in [1.165, 1.54) is 13.0 Å². The largest absolute Gasteiger partial charge is 0.360 e. The number of nitrogens with zero attached hydrogens (tertiary/aromatic N) is 2. The molecule has 1 aliphatic heterocycles. The van der Waals surface area contributed by atoms with Gasteiger partial charge < -0.3 is 10.2 Å². The zero-order chi connectivity index (χ0) is 11.3. The molecule has 1 aliphatic rings. The Bertz CT molecular complexity index is 198. The van der Waals surface area contributed by atoms with Crippen LogP contribution in [0.3, 0.4) is 0 Å². The first-order valence-electron chi connectivity index (χ1n) is 5.91. The van der Waals surface area contributed by atoms with Crippen molar-refractivity contribution in [2.75, 3.05) is 32.7 Å². The summed E-state index contributed by atoms with van der Waals surface area (Å²) in [6.07, 6.45) is 1.24. The van der Waals surface area contributed by atoms with Crippen LogP contribution in [-0.2, 0) is 0 Å². The standard InChI is InChI=1S/C11H23N3S/c1-4-5-13-6-8-14(9-7-13)11(15)12-10(2)3/h10H,4-9H2,1-3H3,(H,12,15). The quantitative estimate of drug-likeness (QED) is 0.735. The average Bonchev–Trinajstić information content (AvgIpc) is 2.18. The van der Waals surface area contributed by atoms with Crippen molar-refractivity contribution in [3.05, 3.63) is 0 Å². The molecule has 1 fully saturated rings. The first-order valence-corrected chi connectivity index (χ1v) is 6.32. The second-order valence-corrected chi connectivity index (χ2v) is 4.82. The fraction of sp³-hybridized carbons (Fsp3) is 0.909. The molecule has 0 aromatic heterocycles. The van der Waals surface area contributed by atoms with Gasteiger partial charge in [0.1, 0.15) is 0 Å². The van der Waals surface area contributed by atoms with Crippen LogP contribution in [0.4, 0.5) is 0 Å². The third-order valence-electron chi connectivity index (χ3n) is 2.61. The minimum absolute atomic E-state index is 0.436. The minimum atomic E-state index is 0.436. The number of hydrogen-bond acceptors (Lipinski definition) is 2. The molecule has 0 radical (unpaired) electrons. The van der Waals surface area contributed by atoms with Gasteiger partial charge in [0, 0.05) is 32.2 Å². The summed E-state index contributed by atoms with van der Waals surface area (Å²) >= 11 is 5.35. The van der Waals surface area contributed by atoms with E-state index >= 15 is 0 Å². The molecule has 0 bridgehead atoms. The summed E-state index contributed by atoms with van der Waals surface area (Å²) in [7, 11) is 0. The monoisotopic (exact) mass is 229 g/mol. The van der Waals surface area contributed by atoms with Crippen molar-refractivity contribution in [2.45, 2.75) is 33.2 Å². The van der Waals surface area contributed by atoms with Crippen LogP contribution in [-0.4, -0.2) is 53.7 Å². The lowest BCUT2D eigenvalue weighted by Crippen LogP contribution is -2.52. The second kappa shape index (κ2) is 6.28. The SMILES string of the molecule is CCCN1CCN(C(=S)NC(C)C)CC1. The van der Waals surface area contributed by atoms with E-state index in [9.17, 15) is 0 Å². The van der Waals surface area contributed by atoms with Gasteiger partial charge >= 0.3 is 0 Å². The summed E-state index contributed by atoms with van der Waals surface area (Å²) in [5.74, 6) is 0. The second-order valence-electron chi connectivity index (χ2n) is 4.43. The molecule has 0 aliphatic carbocycles. The Morgan fingerprint density at radius 3 is 2.33 bits per heavy atom. The predicted molar refractivity (Wildman–Crippen MR) is 69.2 cm³/mol. The highest BCUT2D eigenvalue weighted by Crippen LogP contribution is 2.03. The molecular weight excluding hydrogens is 206 g/mol. The molecule has 0 saturated carbocycles. The van der Waals surface area contributed by atoms with Gasteiger partial charge in [0.2, 0.25) is 0 Å². The van der Waals surface area contributed by atoms with Gasteiger partial charge in [-0.1, -0.05) is 6.92 Å². The molecule has 1 N–H and O–H groups in total. The fourth-order valence-electron chi connectivity index (χ4n) is 1.83. The van der Waals surface area contributed by atoms with E-state index in [4.69, 9.17) is 12.2 Å². The summed E-state index contributed by atoms with van der Waals surface area (Å²) in [6, 6.07) is 0.436. The van der Waals surface area contributed by atoms with Crippen LogP contribution in [0.1, 0.15) is 27.2 Å². The fourth-order valence-corrected chi connectivity index (χ4v) is 2.25. The van der Waals surface area contributed by atoms with E-state index in [0.29, 0.717) is 6.04 Å². The molecule has 0 unspecified atom stereocenters. The van der Waals surface area contributed by atoms with E-state index < -0.39 is 0 Å². The molecule has 1 rings (SSSR count). The van der Waals surface area contributed by atoms with Gasteiger partial charge in [0.05, 0.1) is 0 Å². The first kappa shape index (κ1) is 12.7. The van der Waals surface area contributed by atoms with Crippen molar-refractivity contribution in [2.24, 2.45) is 0 Å². The maximum atomic E-state index is 5.35. The van der Waals surface area contributed by atoms with E-state index in [0.717, 1.165) is 31.3 Å². The predicted octanol–water partition coefficient (Wildman–Crippen LogP) is 1.30. The minimum Gasteiger partial charge on any atom is -0.360 e. The maximum Gasteiger partial charge on any atom is 0.169 e. The highest BCUT2D eigenvalue weighted by atomic mass is 32.1. The molecule has 0 aromatic carbocycles. The Balaban J connectivity index is 2.27. The zero-order valence-electron chi connectivity index (χ0n) is 10.1. The molecule has 15 heavy (non-hydrogen) atoms. The number of hydrogen-bond donors (Lipinski definition) is 1. The van der Waals surface area contributed by atoms with Crippen molar-refractivity contribution in [3.63, 3.8) is 0 Å². The Hall–Kier alpha value is -0.350. The summed E-state index contributed by atoms with van der Waals surface area (Å²) in [4.78, 5) is 4.79. The van der Waals surface area contributed by atoms with Crippen LogP contribution in [0.5, 0.6) is 0 Å². The molecule has 1 heterocycles. The highest BCUT2D eigenvalue weighted by Gasteiger charge is 2.18. The number of nitrogens with one attached hydrogen (secondary N) is 1. The summed E-state index contributed by atoms with van der Waals surface area (Å²) in [6.45, 7) is 12.1. The molecule has 0 aromatic rings. The lowest BCUT2D eigenvalue weighted by atomic mass is 10.3. The molecule has 0 amide bonds. The number of rotatable bonds is 3. The average molecular weight is 229 g/mol. The molecule has 3 nitrogen and oxygen atoms in total. The topological polar surface area (TPSA) is 18.5 Å². The van der Waals surface area contributed by atoms with Crippen LogP contribution < -0.4 is 5.32 Å². The van der Waals surface area contributed by atoms with Gasteiger partial charge in [0.25, 0.3) is 0 Å². The Morgan fingerprint density at radius 2 is 1.87 bits per heavy atom. The van der Waals surface area contributed by atoms with Gasteiger partial charge in [-0.05, 0) is 39.0 Å². The van der Waals surface area contributed by atoms with Crippen LogP contribution in [0.25, 0.3) is 0 Å². The van der Waals surface area contributed by atoms with Crippen LogP contribution in [0.15, 0.2) is 0 Å². The Labute approximate surface area is 98.8 Å². The molecule has 88 valence electrons. The Kier molecular flexibility index (Phi) is 5.32. The van der Waals surface area contributed by atoms with Crippen LogP contribution >= 0.6 is 12.2 Å². The van der Waals surface area contributed by atoms with E-state index in [1.54, 1.807) is 0 Å². The van der Waals surface area contributed by atoms with Crippen LogP contribution in [0, 0.1) is 0 Å². The smallest absolute Gasteiger partial charge is 0.169 e. The van der Waals surface area contributed by atoms with Crippen molar-refractivity contribution in [3.8, 4) is 0 Å². The molecule has 0 spiro atoms. The summed E-state index contributed by atoms with van der Waals surface area (Å²) < 4.78 is 0. The highest BCUT2D eigenvalue weighted by molar-refractivity contribution is 7.80. The van der Waals surface area contributed by atoms with Gasteiger partial charge in [-0.25, -0.2) is 0 Å². The molecular formula is C11H23N3S. The zero-order valence-corrected chi connectivity index (χ0v) is 10.9. The Morgan fingerprint density at radius 1 is 1.27 bits per heavy atom. The van der Waals surface area contributed by atoms with E-state index in [2.05, 4.69) is 35.9 Å². The normalized spacial score (nSPS) is 18.3. The third kappa shape index (κ3) is 4.34. The van der Waals surface area contributed by atoms with Crippen molar-refractivity contribution >= 4 is 17.3 Å². The van der Waals surface area contributed by atoms with Gasteiger partial charge in [0.15, 0.2) is 5.11 Å². The van der Waals surface area contributed by atoms with Gasteiger partial charge in [-0.15, -0.1) is 0 Å². The maximum absolute atomic E-state index is 5.35. The van der Waals surface area contributed by atoms with Gasteiger partial charge in [-0.2, -0.15) is 0 Å². The lowest BCUT2D eigenvalue weighted by Gasteiger charge is -2.36. The van der Waals surface area contributed by atoms with Crippen molar-refractivity contribution in [1.29, 1.82) is 0 Å². The lowest BCUT2D eigenvalue weighted by molar-refractivity contribution is 0.181. The van der Waals surface area contributed by atoms with E-state index in [-0.39, 0.29) is 0 Å². The summed E-state index contributed by atoms with van der Waals surface area (Å²) in [5.41, 5.74) is 0. The van der Waals surface area contributed by atoms with E-state index in [1.807, 2.05) is 0 Å². The van der Waals surface area contributed by atoms with Crippen LogP contribution in [0.2, 0.25) is 0 Å². The van der Waals surface area contributed by atoms with Crippen molar-refractivity contribution < 1.29 is 0 Å². The summed E-state index contributed by atoms with van der Waals surface area (Å²) in [5, 5.41) is 4.22. The molecule has 4 heteroatoms. The number of thiocarbonyl (C=S) groups is 1. The third-order valence-corrected chi connectivity index (χ3v) is 2.99. The first-order chi connectivity index (χ1) is 7.13. The molecule has 1 saturated heterocycles. The van der Waals surface area contributed by atoms with Crippen molar-refractivity contribution in [1.82, 2.24) is 15.1 Å². The number of piperazine rings is 1.